The lowest BCUT2D eigenvalue weighted by Crippen LogP contribution is -2.51. The second-order valence-electron chi connectivity index (χ2n) is 7.68. The normalized spacial score (nSPS) is 20.9. The zero-order valence-electron chi connectivity index (χ0n) is 17.6. The lowest BCUT2D eigenvalue weighted by atomic mass is 9.94. The van der Waals surface area contributed by atoms with Crippen LogP contribution in [0, 0.1) is 0 Å². The summed E-state index contributed by atoms with van der Waals surface area (Å²) in [5.74, 6) is 1.44. The van der Waals surface area contributed by atoms with Crippen LogP contribution in [-0.2, 0) is 14.3 Å². The van der Waals surface area contributed by atoms with E-state index in [0.29, 0.717) is 32.3 Å². The van der Waals surface area contributed by atoms with Crippen LogP contribution >= 0.6 is 0 Å². The number of guanidine groups is 1. The Balaban J connectivity index is 1.73. The molecule has 2 aliphatic heterocycles. The van der Waals surface area contributed by atoms with Crippen LogP contribution in [0.4, 0.5) is 0 Å². The van der Waals surface area contributed by atoms with E-state index in [1.54, 1.807) is 26.1 Å². The van der Waals surface area contributed by atoms with Crippen molar-refractivity contribution in [3.05, 3.63) is 29.8 Å². The third kappa shape index (κ3) is 5.61. The number of carbonyl (C=O) groups is 1. The van der Waals surface area contributed by atoms with E-state index in [2.05, 4.69) is 21.7 Å². The number of para-hydroxylation sites is 1. The third-order valence-electron chi connectivity index (χ3n) is 5.56. The highest BCUT2D eigenvalue weighted by Crippen LogP contribution is 2.31. The van der Waals surface area contributed by atoms with E-state index in [-0.39, 0.29) is 24.1 Å². The average Bonchev–Trinajstić information content (AvgIpc) is 2.76. The number of likely N-dealkylation sites (N-methyl/N-ethyl adjacent to an activating group) is 1. The summed E-state index contributed by atoms with van der Waals surface area (Å²) in [6, 6.07) is 8.07. The number of methoxy groups -OCH3 is 1. The SMILES string of the molecule is COC1(CNC(=NCC(=O)N(C)C)NC2CCOc3ccccc32)CCOCC1. The maximum absolute atomic E-state index is 12.1. The zero-order chi connectivity index (χ0) is 20.7. The van der Waals surface area contributed by atoms with Gasteiger partial charge in [-0.3, -0.25) is 4.79 Å². The van der Waals surface area contributed by atoms with Crippen LogP contribution in [-0.4, -0.2) is 76.5 Å². The van der Waals surface area contributed by atoms with Crippen molar-refractivity contribution in [2.45, 2.75) is 30.9 Å². The molecule has 1 aromatic rings. The molecule has 0 radical (unpaired) electrons. The monoisotopic (exact) mass is 404 g/mol. The molecule has 0 bridgehead atoms. The van der Waals surface area contributed by atoms with Crippen LogP contribution in [0.5, 0.6) is 5.75 Å². The van der Waals surface area contributed by atoms with Gasteiger partial charge in [-0.05, 0) is 6.07 Å². The molecule has 1 fully saturated rings. The first-order chi connectivity index (χ1) is 14.0. The minimum Gasteiger partial charge on any atom is -0.493 e. The predicted molar refractivity (Wildman–Crippen MR) is 111 cm³/mol. The number of ether oxygens (including phenoxy) is 3. The van der Waals surface area contributed by atoms with Gasteiger partial charge in [-0.1, -0.05) is 18.2 Å². The van der Waals surface area contributed by atoms with Crippen molar-refractivity contribution in [1.29, 1.82) is 0 Å². The van der Waals surface area contributed by atoms with Crippen LogP contribution in [0.3, 0.4) is 0 Å². The predicted octanol–water partition coefficient (Wildman–Crippen LogP) is 1.33. The molecule has 8 heteroatoms. The summed E-state index contributed by atoms with van der Waals surface area (Å²) in [6.07, 6.45) is 2.46. The average molecular weight is 405 g/mol. The standard InChI is InChI=1S/C21H32N4O4/c1-25(2)19(26)14-22-20(23-15-21(27-3)9-12-28-13-10-21)24-17-8-11-29-18-7-5-4-6-16(17)18/h4-7,17H,8-15H2,1-3H3,(H2,22,23,24). The molecule has 1 saturated heterocycles. The Morgan fingerprint density at radius 1 is 1.28 bits per heavy atom. The molecule has 1 unspecified atom stereocenters. The second kappa shape index (κ2) is 9.93. The number of amides is 1. The molecule has 2 N–H and O–H groups in total. The molecule has 2 heterocycles. The Morgan fingerprint density at radius 3 is 2.76 bits per heavy atom. The summed E-state index contributed by atoms with van der Waals surface area (Å²) >= 11 is 0. The highest BCUT2D eigenvalue weighted by Gasteiger charge is 2.33. The van der Waals surface area contributed by atoms with Crippen molar-refractivity contribution in [2.24, 2.45) is 4.99 Å². The molecule has 29 heavy (non-hydrogen) atoms. The first kappa shape index (κ1) is 21.4. The molecule has 0 spiro atoms. The summed E-state index contributed by atoms with van der Waals surface area (Å²) in [4.78, 5) is 18.1. The smallest absolute Gasteiger partial charge is 0.243 e. The lowest BCUT2D eigenvalue weighted by Gasteiger charge is -2.37. The summed E-state index contributed by atoms with van der Waals surface area (Å²) in [5, 5.41) is 6.89. The molecular formula is C21H32N4O4. The number of nitrogens with zero attached hydrogens (tertiary/aromatic N) is 2. The van der Waals surface area contributed by atoms with Crippen molar-refractivity contribution in [3.63, 3.8) is 0 Å². The fourth-order valence-electron chi connectivity index (χ4n) is 3.54. The first-order valence-electron chi connectivity index (χ1n) is 10.1. The van der Waals surface area contributed by atoms with Gasteiger partial charge in [-0.15, -0.1) is 0 Å². The molecule has 2 aliphatic rings. The summed E-state index contributed by atoms with van der Waals surface area (Å²) < 4.78 is 17.1. The molecule has 1 atom stereocenters. The van der Waals surface area contributed by atoms with Crippen molar-refractivity contribution < 1.29 is 19.0 Å². The molecule has 0 saturated carbocycles. The second-order valence-corrected chi connectivity index (χ2v) is 7.68. The summed E-state index contributed by atoms with van der Waals surface area (Å²) in [5.41, 5.74) is 0.805. The Labute approximate surface area is 172 Å². The molecule has 1 amide bonds. The van der Waals surface area contributed by atoms with Crippen molar-refractivity contribution >= 4 is 11.9 Å². The van der Waals surface area contributed by atoms with E-state index in [1.165, 1.54) is 0 Å². The highest BCUT2D eigenvalue weighted by molar-refractivity contribution is 5.85. The number of carbonyl (C=O) groups excluding carboxylic acids is 1. The highest BCUT2D eigenvalue weighted by atomic mass is 16.5. The maximum atomic E-state index is 12.1. The number of benzene rings is 1. The Hall–Kier alpha value is -2.32. The van der Waals surface area contributed by atoms with Crippen LogP contribution in [0.1, 0.15) is 30.9 Å². The van der Waals surface area contributed by atoms with E-state index in [9.17, 15) is 4.79 Å². The zero-order valence-corrected chi connectivity index (χ0v) is 17.6. The van der Waals surface area contributed by atoms with E-state index >= 15 is 0 Å². The number of hydrogen-bond donors (Lipinski definition) is 2. The number of nitrogens with one attached hydrogen (secondary N) is 2. The fourth-order valence-corrected chi connectivity index (χ4v) is 3.54. The Bertz CT molecular complexity index is 716. The Kier molecular flexibility index (Phi) is 7.33. The van der Waals surface area contributed by atoms with Crippen LogP contribution in [0.25, 0.3) is 0 Å². The fraction of sp³-hybridized carbons (Fsp3) is 0.619. The van der Waals surface area contributed by atoms with E-state index in [0.717, 1.165) is 30.6 Å². The maximum Gasteiger partial charge on any atom is 0.243 e. The van der Waals surface area contributed by atoms with Crippen LogP contribution in [0.2, 0.25) is 0 Å². The molecule has 160 valence electrons. The van der Waals surface area contributed by atoms with E-state index in [4.69, 9.17) is 14.2 Å². The molecule has 0 aromatic heterocycles. The van der Waals surface area contributed by atoms with Gasteiger partial charge in [-0.25, -0.2) is 4.99 Å². The minimum atomic E-state index is -0.292. The quantitative estimate of drug-likeness (QED) is 0.550. The van der Waals surface area contributed by atoms with Gasteiger partial charge in [0.15, 0.2) is 5.96 Å². The van der Waals surface area contributed by atoms with Crippen molar-refractivity contribution in [1.82, 2.24) is 15.5 Å². The molecule has 8 nitrogen and oxygen atoms in total. The van der Waals surface area contributed by atoms with Crippen molar-refractivity contribution in [3.8, 4) is 5.75 Å². The number of fused-ring (bicyclic) bond motifs is 1. The largest absolute Gasteiger partial charge is 0.493 e. The summed E-state index contributed by atoms with van der Waals surface area (Å²) in [6.45, 7) is 2.68. The van der Waals surface area contributed by atoms with Gasteiger partial charge in [0, 0.05) is 65.8 Å². The van der Waals surface area contributed by atoms with Gasteiger partial charge in [0.1, 0.15) is 12.3 Å². The van der Waals surface area contributed by atoms with Gasteiger partial charge in [-0.2, -0.15) is 0 Å². The minimum absolute atomic E-state index is 0.0500. The van der Waals surface area contributed by atoms with Gasteiger partial charge < -0.3 is 29.7 Å². The molecular weight excluding hydrogens is 372 g/mol. The Morgan fingerprint density at radius 2 is 2.03 bits per heavy atom. The van der Waals surface area contributed by atoms with Gasteiger partial charge in [0.2, 0.25) is 5.91 Å². The van der Waals surface area contributed by atoms with Gasteiger partial charge >= 0.3 is 0 Å². The number of rotatable bonds is 6. The topological polar surface area (TPSA) is 84.4 Å². The number of hydrogen-bond acceptors (Lipinski definition) is 5. The van der Waals surface area contributed by atoms with E-state index < -0.39 is 0 Å². The number of aliphatic imine (C=N–C) groups is 1. The van der Waals surface area contributed by atoms with Crippen LogP contribution in [0.15, 0.2) is 29.3 Å². The van der Waals surface area contributed by atoms with Gasteiger partial charge in [0.25, 0.3) is 0 Å². The van der Waals surface area contributed by atoms with E-state index in [1.807, 2.05) is 18.2 Å². The molecule has 1 aromatic carbocycles. The van der Waals surface area contributed by atoms with Crippen molar-refractivity contribution in [2.75, 3.05) is 54.1 Å². The molecule has 3 rings (SSSR count). The third-order valence-corrected chi connectivity index (χ3v) is 5.56. The first-order valence-corrected chi connectivity index (χ1v) is 10.1. The van der Waals surface area contributed by atoms with Gasteiger partial charge in [0.05, 0.1) is 18.2 Å². The lowest BCUT2D eigenvalue weighted by molar-refractivity contribution is -0.127. The summed E-state index contributed by atoms with van der Waals surface area (Å²) in [7, 11) is 5.20. The molecule has 0 aliphatic carbocycles. The van der Waals surface area contributed by atoms with Crippen LogP contribution < -0.4 is 15.4 Å².